The minimum atomic E-state index is 0.175. The Bertz CT molecular complexity index is 243. The van der Waals surface area contributed by atoms with Gasteiger partial charge in [0.05, 0.1) is 0 Å². The Morgan fingerprint density at radius 1 is 1.06 bits per heavy atom. The molecule has 0 N–H and O–H groups in total. The van der Waals surface area contributed by atoms with Gasteiger partial charge in [-0.3, -0.25) is 4.79 Å². The fourth-order valence-electron chi connectivity index (χ4n) is 1.52. The van der Waals surface area contributed by atoms with Crippen molar-refractivity contribution in [3.8, 4) is 0 Å². The molecule has 17 heavy (non-hydrogen) atoms. The Hall–Kier alpha value is -1.05. The molecule has 0 atom stereocenters. The van der Waals surface area contributed by atoms with Crippen molar-refractivity contribution in [3.63, 3.8) is 0 Å². The number of unbranched alkanes of at least 4 members (excludes halogenated alkanes) is 2. The molecular formula is C15H27NO. The van der Waals surface area contributed by atoms with Gasteiger partial charge < -0.3 is 4.90 Å². The van der Waals surface area contributed by atoms with Crippen molar-refractivity contribution in [1.29, 1.82) is 0 Å². The summed E-state index contributed by atoms with van der Waals surface area (Å²) >= 11 is 0. The van der Waals surface area contributed by atoms with Crippen LogP contribution in [0.5, 0.6) is 0 Å². The van der Waals surface area contributed by atoms with E-state index in [1.165, 1.54) is 0 Å². The molecule has 98 valence electrons. The molecule has 0 rings (SSSR count). The third-order valence-electron chi connectivity index (χ3n) is 2.62. The second-order valence-electron chi connectivity index (χ2n) is 4.25. The van der Waals surface area contributed by atoms with Crippen molar-refractivity contribution in [2.45, 2.75) is 52.9 Å². The molecule has 0 aromatic rings. The van der Waals surface area contributed by atoms with Gasteiger partial charge in [0.1, 0.15) is 0 Å². The van der Waals surface area contributed by atoms with Crippen molar-refractivity contribution < 1.29 is 4.79 Å². The highest BCUT2D eigenvalue weighted by molar-refractivity contribution is 5.73. The average Bonchev–Trinajstić information content (AvgIpc) is 2.31. The summed E-state index contributed by atoms with van der Waals surface area (Å²) in [6.07, 6.45) is 14.2. The summed E-state index contributed by atoms with van der Waals surface area (Å²) in [5, 5.41) is 0. The van der Waals surface area contributed by atoms with E-state index < -0.39 is 0 Å². The van der Waals surface area contributed by atoms with Gasteiger partial charge in [-0.15, -0.1) is 0 Å². The van der Waals surface area contributed by atoms with Crippen LogP contribution < -0.4 is 0 Å². The molecule has 0 aliphatic heterocycles. The summed E-state index contributed by atoms with van der Waals surface area (Å²) in [5.41, 5.74) is 0. The predicted molar refractivity (Wildman–Crippen MR) is 75.0 cm³/mol. The van der Waals surface area contributed by atoms with Crippen LogP contribution in [0.2, 0.25) is 0 Å². The van der Waals surface area contributed by atoms with Crippen LogP contribution in [0.3, 0.4) is 0 Å². The first-order chi connectivity index (χ1) is 8.22. The fraction of sp³-hybridized carbons (Fsp3) is 0.667. The van der Waals surface area contributed by atoms with Crippen molar-refractivity contribution in [2.24, 2.45) is 0 Å². The van der Waals surface area contributed by atoms with Gasteiger partial charge in [-0.1, -0.05) is 44.6 Å². The van der Waals surface area contributed by atoms with E-state index in [1.807, 2.05) is 4.90 Å². The quantitative estimate of drug-likeness (QED) is 0.439. The van der Waals surface area contributed by atoms with E-state index in [-0.39, 0.29) is 5.91 Å². The van der Waals surface area contributed by atoms with Crippen LogP contribution in [0.25, 0.3) is 0 Å². The number of amides is 1. The fourth-order valence-corrected chi connectivity index (χ4v) is 1.52. The van der Waals surface area contributed by atoms with Crippen LogP contribution in [-0.2, 0) is 4.79 Å². The molecular weight excluding hydrogens is 210 g/mol. The zero-order valence-corrected chi connectivity index (χ0v) is 11.6. The van der Waals surface area contributed by atoms with Crippen molar-refractivity contribution in [2.75, 3.05) is 13.1 Å². The molecule has 0 aromatic heterocycles. The zero-order chi connectivity index (χ0) is 12.9. The summed E-state index contributed by atoms with van der Waals surface area (Å²) in [6, 6.07) is 0. The molecule has 2 heteroatoms. The second-order valence-corrected chi connectivity index (χ2v) is 4.25. The summed E-state index contributed by atoms with van der Waals surface area (Å²) in [7, 11) is 0. The van der Waals surface area contributed by atoms with E-state index in [0.717, 1.165) is 45.2 Å². The number of hydrogen-bond donors (Lipinski definition) is 0. The number of nitrogens with zero attached hydrogens (tertiary/aromatic N) is 1. The molecule has 0 bridgehead atoms. The van der Waals surface area contributed by atoms with Crippen molar-refractivity contribution in [1.82, 2.24) is 4.90 Å². The standard InChI is InChI=1S/C15H27NO/c1-4-6-8-9-10-11-12-14-16(15(3)17)13-7-5-2/h6,8,11-12H,4-5,7,9-10,13-14H2,1-3H3/b8-6-,12-11-. The highest BCUT2D eigenvalue weighted by Gasteiger charge is 2.04. The molecule has 0 aromatic carbocycles. The largest absolute Gasteiger partial charge is 0.339 e. The normalized spacial score (nSPS) is 11.5. The van der Waals surface area contributed by atoms with Gasteiger partial charge in [-0.2, -0.15) is 0 Å². The van der Waals surface area contributed by atoms with E-state index in [9.17, 15) is 4.79 Å². The highest BCUT2D eigenvalue weighted by atomic mass is 16.2. The maximum Gasteiger partial charge on any atom is 0.219 e. The molecule has 0 fully saturated rings. The lowest BCUT2D eigenvalue weighted by Gasteiger charge is -2.18. The van der Waals surface area contributed by atoms with E-state index in [4.69, 9.17) is 0 Å². The minimum Gasteiger partial charge on any atom is -0.339 e. The van der Waals surface area contributed by atoms with Crippen LogP contribution >= 0.6 is 0 Å². The average molecular weight is 237 g/mol. The Morgan fingerprint density at radius 3 is 2.24 bits per heavy atom. The first kappa shape index (κ1) is 16.0. The highest BCUT2D eigenvalue weighted by Crippen LogP contribution is 1.98. The van der Waals surface area contributed by atoms with Gasteiger partial charge in [0.25, 0.3) is 0 Å². The molecule has 0 saturated carbocycles. The van der Waals surface area contributed by atoms with E-state index in [1.54, 1.807) is 6.92 Å². The summed E-state index contributed by atoms with van der Waals surface area (Å²) < 4.78 is 0. The molecule has 0 spiro atoms. The topological polar surface area (TPSA) is 20.3 Å². The maximum atomic E-state index is 11.3. The van der Waals surface area contributed by atoms with Crippen LogP contribution in [-0.4, -0.2) is 23.9 Å². The van der Waals surface area contributed by atoms with Gasteiger partial charge in [-0.25, -0.2) is 0 Å². The Kier molecular flexibility index (Phi) is 10.7. The lowest BCUT2D eigenvalue weighted by atomic mass is 10.2. The lowest BCUT2D eigenvalue weighted by molar-refractivity contribution is -0.128. The smallest absolute Gasteiger partial charge is 0.219 e. The number of carbonyl (C=O) groups excluding carboxylic acids is 1. The Morgan fingerprint density at radius 2 is 1.71 bits per heavy atom. The van der Waals surface area contributed by atoms with Crippen LogP contribution in [0.15, 0.2) is 24.3 Å². The third-order valence-corrected chi connectivity index (χ3v) is 2.62. The van der Waals surface area contributed by atoms with E-state index in [2.05, 4.69) is 38.2 Å². The van der Waals surface area contributed by atoms with Crippen LogP contribution in [0.1, 0.15) is 52.9 Å². The molecule has 0 unspecified atom stereocenters. The lowest BCUT2D eigenvalue weighted by Crippen LogP contribution is -2.29. The number of rotatable bonds is 9. The molecule has 0 saturated heterocycles. The molecule has 0 aliphatic rings. The molecule has 2 nitrogen and oxygen atoms in total. The minimum absolute atomic E-state index is 0.175. The maximum absolute atomic E-state index is 11.3. The summed E-state index contributed by atoms with van der Waals surface area (Å²) in [5.74, 6) is 0.175. The Balaban J connectivity index is 3.75. The van der Waals surface area contributed by atoms with Gasteiger partial charge in [-0.05, 0) is 25.7 Å². The molecule has 0 aliphatic carbocycles. The Labute approximate surface area is 106 Å². The van der Waals surface area contributed by atoms with E-state index in [0.29, 0.717) is 0 Å². The summed E-state index contributed by atoms with van der Waals surface area (Å²) in [6.45, 7) is 7.57. The molecule has 0 radical (unpaired) electrons. The van der Waals surface area contributed by atoms with Crippen LogP contribution in [0.4, 0.5) is 0 Å². The van der Waals surface area contributed by atoms with E-state index >= 15 is 0 Å². The van der Waals surface area contributed by atoms with Gasteiger partial charge in [0.2, 0.25) is 5.91 Å². The van der Waals surface area contributed by atoms with Crippen molar-refractivity contribution in [3.05, 3.63) is 24.3 Å². The first-order valence-electron chi connectivity index (χ1n) is 6.77. The monoisotopic (exact) mass is 237 g/mol. The number of hydrogen-bond acceptors (Lipinski definition) is 1. The van der Waals surface area contributed by atoms with Gasteiger partial charge >= 0.3 is 0 Å². The SMILES string of the molecule is CC/C=C\CC/C=C\CN(CCCC)C(C)=O. The first-order valence-corrected chi connectivity index (χ1v) is 6.77. The zero-order valence-electron chi connectivity index (χ0n) is 11.6. The second kappa shape index (κ2) is 11.4. The predicted octanol–water partition coefficient (Wildman–Crippen LogP) is 3.94. The molecule has 0 heterocycles. The summed E-state index contributed by atoms with van der Waals surface area (Å²) in [4.78, 5) is 13.2. The molecule has 1 amide bonds. The van der Waals surface area contributed by atoms with Gasteiger partial charge in [0, 0.05) is 20.0 Å². The van der Waals surface area contributed by atoms with Crippen molar-refractivity contribution >= 4 is 5.91 Å². The van der Waals surface area contributed by atoms with Gasteiger partial charge in [0.15, 0.2) is 0 Å². The third kappa shape index (κ3) is 9.86. The van der Waals surface area contributed by atoms with Crippen LogP contribution in [0, 0.1) is 0 Å². The number of carbonyl (C=O) groups is 1. The number of allylic oxidation sites excluding steroid dienone is 3.